The van der Waals surface area contributed by atoms with E-state index in [4.69, 9.17) is 4.74 Å². The summed E-state index contributed by atoms with van der Waals surface area (Å²) in [5.41, 5.74) is 3.23. The Bertz CT molecular complexity index is 1190. The molecule has 0 spiro atoms. The van der Waals surface area contributed by atoms with E-state index in [1.807, 2.05) is 61.5 Å². The van der Waals surface area contributed by atoms with Crippen LogP contribution in [0, 0.1) is 6.92 Å². The summed E-state index contributed by atoms with van der Waals surface area (Å²) in [6.07, 6.45) is 3.07. The molecule has 1 N–H and O–H groups in total. The number of benzene rings is 3. The lowest BCUT2D eigenvalue weighted by atomic mass is 9.95. The Balaban J connectivity index is 1.78. The molecule has 0 radical (unpaired) electrons. The van der Waals surface area contributed by atoms with Crippen molar-refractivity contribution in [3.05, 3.63) is 113 Å². The maximum Gasteiger partial charge on any atom is 0.294 e. The first-order valence-corrected chi connectivity index (χ1v) is 10.2. The summed E-state index contributed by atoms with van der Waals surface area (Å²) in [6, 6.07) is 23.2. The number of ketones is 1. The molecule has 4 rings (SSSR count). The third-order valence-electron chi connectivity index (χ3n) is 5.44. The van der Waals surface area contributed by atoms with Crippen molar-refractivity contribution in [3.63, 3.8) is 0 Å². The van der Waals surface area contributed by atoms with E-state index < -0.39 is 23.5 Å². The summed E-state index contributed by atoms with van der Waals surface area (Å²) in [5, 5.41) is 10.8. The molecule has 0 aromatic heterocycles. The standard InChI is InChI=1S/C27H23NO4/c1-18-8-13-21(14-9-18)28-25(20-11-15-22(32-2)16-12-20)24(26(30)27(28)31)23(29)17-10-19-6-4-3-5-7-19/h3-17,25,30H,1-2H3/b17-10+. The SMILES string of the molecule is COc1ccc(C2C(C(=O)/C=C/c3ccccc3)=C(O)C(=O)N2c2ccc(C)cc2)cc1. The molecule has 1 amide bonds. The highest BCUT2D eigenvalue weighted by Crippen LogP contribution is 2.41. The number of allylic oxidation sites excluding steroid dienone is 1. The van der Waals surface area contributed by atoms with E-state index in [9.17, 15) is 14.7 Å². The zero-order valence-electron chi connectivity index (χ0n) is 17.9. The molecule has 1 unspecified atom stereocenters. The number of carbonyl (C=O) groups is 2. The van der Waals surface area contributed by atoms with Crippen molar-refractivity contribution in [1.82, 2.24) is 0 Å². The van der Waals surface area contributed by atoms with Crippen molar-refractivity contribution in [2.24, 2.45) is 0 Å². The first kappa shape index (κ1) is 21.1. The highest BCUT2D eigenvalue weighted by Gasteiger charge is 2.43. The number of nitrogens with zero attached hydrogens (tertiary/aromatic N) is 1. The van der Waals surface area contributed by atoms with E-state index in [-0.39, 0.29) is 5.57 Å². The lowest BCUT2D eigenvalue weighted by Gasteiger charge is -2.27. The number of methoxy groups -OCH3 is 1. The van der Waals surface area contributed by atoms with Crippen LogP contribution in [-0.2, 0) is 9.59 Å². The Morgan fingerprint density at radius 1 is 0.969 bits per heavy atom. The fraction of sp³-hybridized carbons (Fsp3) is 0.111. The molecule has 0 saturated carbocycles. The summed E-state index contributed by atoms with van der Waals surface area (Å²) in [5.74, 6) is -0.902. The highest BCUT2D eigenvalue weighted by atomic mass is 16.5. The quantitative estimate of drug-likeness (QED) is 0.552. The van der Waals surface area contributed by atoms with Gasteiger partial charge in [-0.05, 0) is 48.4 Å². The van der Waals surface area contributed by atoms with Gasteiger partial charge in [-0.15, -0.1) is 0 Å². The van der Waals surface area contributed by atoms with Gasteiger partial charge in [-0.1, -0.05) is 66.2 Å². The van der Waals surface area contributed by atoms with E-state index in [1.54, 1.807) is 37.5 Å². The first-order valence-electron chi connectivity index (χ1n) is 10.2. The minimum atomic E-state index is -0.760. The number of ether oxygens (including phenoxy) is 1. The molecule has 0 aliphatic carbocycles. The van der Waals surface area contributed by atoms with Gasteiger partial charge in [-0.2, -0.15) is 0 Å². The predicted molar refractivity (Wildman–Crippen MR) is 125 cm³/mol. The topological polar surface area (TPSA) is 66.8 Å². The normalized spacial score (nSPS) is 16.1. The van der Waals surface area contributed by atoms with Gasteiger partial charge in [0.15, 0.2) is 11.5 Å². The number of amides is 1. The summed E-state index contributed by atoms with van der Waals surface area (Å²) >= 11 is 0. The van der Waals surface area contributed by atoms with Crippen molar-refractivity contribution >= 4 is 23.5 Å². The molecule has 3 aromatic carbocycles. The van der Waals surface area contributed by atoms with Gasteiger partial charge in [-0.25, -0.2) is 0 Å². The van der Waals surface area contributed by atoms with Gasteiger partial charge < -0.3 is 9.84 Å². The van der Waals surface area contributed by atoms with Crippen LogP contribution in [0.25, 0.3) is 6.08 Å². The number of hydrogen-bond donors (Lipinski definition) is 1. The van der Waals surface area contributed by atoms with E-state index in [0.29, 0.717) is 17.0 Å². The molecule has 0 saturated heterocycles. The fourth-order valence-electron chi connectivity index (χ4n) is 3.76. The molecule has 1 aliphatic heterocycles. The maximum absolute atomic E-state index is 13.2. The number of aliphatic hydroxyl groups excluding tert-OH is 1. The first-order chi connectivity index (χ1) is 15.5. The Hall–Kier alpha value is -4.12. The van der Waals surface area contributed by atoms with Gasteiger partial charge >= 0.3 is 0 Å². The molecule has 32 heavy (non-hydrogen) atoms. The largest absolute Gasteiger partial charge is 0.503 e. The van der Waals surface area contributed by atoms with Crippen LogP contribution in [0.2, 0.25) is 0 Å². The second-order valence-electron chi connectivity index (χ2n) is 7.56. The van der Waals surface area contributed by atoms with Crippen LogP contribution < -0.4 is 9.64 Å². The molecule has 5 heteroatoms. The number of aliphatic hydroxyl groups is 1. The Morgan fingerprint density at radius 2 is 1.62 bits per heavy atom. The van der Waals surface area contributed by atoms with Gasteiger partial charge in [0, 0.05) is 5.69 Å². The fourth-order valence-corrected chi connectivity index (χ4v) is 3.76. The van der Waals surface area contributed by atoms with Gasteiger partial charge in [0.05, 0.1) is 18.7 Å². The van der Waals surface area contributed by atoms with Crippen molar-refractivity contribution in [2.75, 3.05) is 12.0 Å². The number of carbonyl (C=O) groups excluding carboxylic acids is 2. The molecular weight excluding hydrogens is 402 g/mol. The smallest absolute Gasteiger partial charge is 0.294 e. The lowest BCUT2D eigenvalue weighted by molar-refractivity contribution is -0.117. The number of anilines is 1. The lowest BCUT2D eigenvalue weighted by Crippen LogP contribution is -2.30. The van der Waals surface area contributed by atoms with E-state index in [0.717, 1.165) is 11.1 Å². The van der Waals surface area contributed by atoms with Crippen molar-refractivity contribution in [3.8, 4) is 5.75 Å². The van der Waals surface area contributed by atoms with Gasteiger partial charge in [0.2, 0.25) is 0 Å². The summed E-state index contributed by atoms with van der Waals surface area (Å²) in [4.78, 5) is 27.8. The summed E-state index contributed by atoms with van der Waals surface area (Å²) < 4.78 is 5.24. The minimum Gasteiger partial charge on any atom is -0.503 e. The van der Waals surface area contributed by atoms with Gasteiger partial charge in [-0.3, -0.25) is 14.5 Å². The molecule has 0 fully saturated rings. The van der Waals surface area contributed by atoms with Crippen molar-refractivity contribution in [2.45, 2.75) is 13.0 Å². The molecule has 160 valence electrons. The Labute approximate surface area is 186 Å². The molecule has 0 bridgehead atoms. The molecule has 1 heterocycles. The van der Waals surface area contributed by atoms with Crippen LogP contribution in [0.3, 0.4) is 0 Å². The van der Waals surface area contributed by atoms with Gasteiger partial charge in [0.25, 0.3) is 5.91 Å². The minimum absolute atomic E-state index is 0.0490. The Morgan fingerprint density at radius 3 is 2.25 bits per heavy atom. The second-order valence-corrected chi connectivity index (χ2v) is 7.56. The van der Waals surface area contributed by atoms with Crippen LogP contribution >= 0.6 is 0 Å². The average molecular weight is 425 g/mol. The van der Waals surface area contributed by atoms with Crippen LogP contribution in [0.15, 0.2) is 96.3 Å². The molecule has 3 aromatic rings. The third kappa shape index (κ3) is 4.05. The Kier molecular flexibility index (Phi) is 5.90. The van der Waals surface area contributed by atoms with Crippen LogP contribution in [-0.4, -0.2) is 23.9 Å². The molecule has 1 atom stereocenters. The van der Waals surface area contributed by atoms with E-state index >= 15 is 0 Å². The third-order valence-corrected chi connectivity index (χ3v) is 5.44. The number of rotatable bonds is 6. The number of aryl methyl sites for hydroxylation is 1. The average Bonchev–Trinajstić information content (AvgIpc) is 3.09. The summed E-state index contributed by atoms with van der Waals surface area (Å²) in [6.45, 7) is 1.95. The zero-order valence-corrected chi connectivity index (χ0v) is 17.9. The summed E-state index contributed by atoms with van der Waals surface area (Å²) in [7, 11) is 1.57. The van der Waals surface area contributed by atoms with Crippen LogP contribution in [0.5, 0.6) is 5.75 Å². The van der Waals surface area contributed by atoms with Crippen molar-refractivity contribution in [1.29, 1.82) is 0 Å². The molecule has 5 nitrogen and oxygen atoms in total. The predicted octanol–water partition coefficient (Wildman–Crippen LogP) is 5.19. The number of hydrogen-bond acceptors (Lipinski definition) is 4. The zero-order chi connectivity index (χ0) is 22.7. The van der Waals surface area contributed by atoms with Crippen LogP contribution in [0.4, 0.5) is 5.69 Å². The van der Waals surface area contributed by atoms with Crippen molar-refractivity contribution < 1.29 is 19.4 Å². The molecular formula is C27H23NO4. The van der Waals surface area contributed by atoms with Crippen LogP contribution in [0.1, 0.15) is 22.7 Å². The monoisotopic (exact) mass is 425 g/mol. The van der Waals surface area contributed by atoms with Gasteiger partial charge in [0.1, 0.15) is 5.75 Å². The second kappa shape index (κ2) is 8.94. The van der Waals surface area contributed by atoms with E-state index in [2.05, 4.69) is 0 Å². The molecule has 1 aliphatic rings. The maximum atomic E-state index is 13.2. The highest BCUT2D eigenvalue weighted by molar-refractivity contribution is 6.19. The van der Waals surface area contributed by atoms with E-state index in [1.165, 1.54) is 11.0 Å².